The largest absolute Gasteiger partial charge is 0.496 e. The Labute approximate surface area is 158 Å². The molecule has 2 aromatic rings. The number of rotatable bonds is 7. The highest BCUT2D eigenvalue weighted by atomic mass is 16.6. The number of likely N-dealkylation sites (tertiary alicyclic amines) is 1. The van der Waals surface area contributed by atoms with E-state index in [-0.39, 0.29) is 5.69 Å². The lowest BCUT2D eigenvalue weighted by Crippen LogP contribution is -3.08. The number of anilines is 1. The number of benzene rings is 2. The van der Waals surface area contributed by atoms with Gasteiger partial charge in [0.05, 0.1) is 36.5 Å². The lowest BCUT2D eigenvalue weighted by Gasteiger charge is -2.15. The third-order valence-corrected chi connectivity index (χ3v) is 4.86. The van der Waals surface area contributed by atoms with Crippen molar-refractivity contribution in [3.63, 3.8) is 0 Å². The lowest BCUT2D eigenvalue weighted by molar-refractivity contribution is -0.901. The van der Waals surface area contributed by atoms with Gasteiger partial charge < -0.3 is 9.64 Å². The number of quaternary nitrogens is 1. The smallest absolute Gasteiger partial charge is 0.271 e. The predicted octanol–water partition coefficient (Wildman–Crippen LogP) is 2.62. The summed E-state index contributed by atoms with van der Waals surface area (Å²) in [6, 6.07) is 12.4. The van der Waals surface area contributed by atoms with E-state index in [0.29, 0.717) is 5.69 Å². The van der Waals surface area contributed by atoms with E-state index in [0.717, 1.165) is 23.6 Å². The highest BCUT2D eigenvalue weighted by Crippen LogP contribution is 2.21. The van der Waals surface area contributed by atoms with Crippen LogP contribution in [0.4, 0.5) is 11.4 Å². The second-order valence-electron chi connectivity index (χ2n) is 6.78. The topological polar surface area (TPSA) is 81.2 Å². The van der Waals surface area contributed by atoms with Crippen molar-refractivity contribution in [3.8, 4) is 5.75 Å². The van der Waals surface area contributed by atoms with Gasteiger partial charge >= 0.3 is 0 Å². The van der Waals surface area contributed by atoms with E-state index in [4.69, 9.17) is 4.74 Å². The summed E-state index contributed by atoms with van der Waals surface area (Å²) in [7, 11) is 1.70. The molecule has 0 aliphatic carbocycles. The lowest BCUT2D eigenvalue weighted by atomic mass is 10.1. The molecule has 3 rings (SSSR count). The maximum atomic E-state index is 10.9. The molecule has 2 N–H and O–H groups in total. The zero-order chi connectivity index (χ0) is 19.2. The number of hydrogen-bond donors (Lipinski definition) is 2. The SMILES string of the molecule is COc1ccc(/C(C)=N\Nc2cccc([N+](=O)[O-])c2)cc1C[NH+]1CCCC1. The molecule has 0 amide bonds. The fraction of sp³-hybridized carbons (Fsp3) is 0.350. The molecule has 2 aromatic carbocycles. The maximum absolute atomic E-state index is 10.9. The van der Waals surface area contributed by atoms with Crippen molar-refractivity contribution in [2.45, 2.75) is 26.3 Å². The molecule has 1 saturated heterocycles. The average molecular weight is 369 g/mol. The van der Waals surface area contributed by atoms with Gasteiger partial charge in [-0.2, -0.15) is 5.10 Å². The van der Waals surface area contributed by atoms with Crippen LogP contribution in [0, 0.1) is 10.1 Å². The van der Waals surface area contributed by atoms with Crippen molar-refractivity contribution in [1.82, 2.24) is 0 Å². The third kappa shape index (κ3) is 4.83. The average Bonchev–Trinajstić information content (AvgIpc) is 3.19. The predicted molar refractivity (Wildman–Crippen MR) is 106 cm³/mol. The summed E-state index contributed by atoms with van der Waals surface area (Å²) in [6.45, 7) is 5.27. The van der Waals surface area contributed by atoms with Gasteiger partial charge in [0.15, 0.2) is 0 Å². The molecule has 1 heterocycles. The van der Waals surface area contributed by atoms with E-state index >= 15 is 0 Å². The van der Waals surface area contributed by atoms with Crippen LogP contribution >= 0.6 is 0 Å². The van der Waals surface area contributed by atoms with Gasteiger partial charge in [-0.3, -0.25) is 15.5 Å². The van der Waals surface area contributed by atoms with E-state index in [9.17, 15) is 10.1 Å². The summed E-state index contributed by atoms with van der Waals surface area (Å²) in [5, 5.41) is 15.3. The summed E-state index contributed by atoms with van der Waals surface area (Å²) >= 11 is 0. The number of nitrogens with one attached hydrogen (secondary N) is 2. The van der Waals surface area contributed by atoms with Crippen molar-refractivity contribution in [2.24, 2.45) is 5.10 Å². The Hall–Kier alpha value is -2.93. The number of nitro groups is 1. The highest BCUT2D eigenvalue weighted by Gasteiger charge is 2.18. The van der Waals surface area contributed by atoms with Crippen molar-refractivity contribution in [2.75, 3.05) is 25.6 Å². The molecule has 0 unspecified atom stereocenters. The molecule has 0 atom stereocenters. The first-order valence-corrected chi connectivity index (χ1v) is 9.12. The van der Waals surface area contributed by atoms with Crippen LogP contribution in [0.25, 0.3) is 0 Å². The van der Waals surface area contributed by atoms with Crippen LogP contribution in [0.2, 0.25) is 0 Å². The third-order valence-electron chi connectivity index (χ3n) is 4.86. The first kappa shape index (κ1) is 18.8. The second kappa shape index (κ2) is 8.64. The monoisotopic (exact) mass is 369 g/mol. The van der Waals surface area contributed by atoms with Crippen LogP contribution in [0.3, 0.4) is 0 Å². The van der Waals surface area contributed by atoms with Gasteiger partial charge in [0.2, 0.25) is 0 Å². The minimum Gasteiger partial charge on any atom is -0.496 e. The zero-order valence-corrected chi connectivity index (χ0v) is 15.7. The Morgan fingerprint density at radius 3 is 2.74 bits per heavy atom. The normalized spacial score (nSPS) is 15.0. The molecule has 0 aromatic heterocycles. The van der Waals surface area contributed by atoms with Gasteiger partial charge in [0.25, 0.3) is 5.69 Å². The molecule has 1 fully saturated rings. The molecule has 1 aliphatic rings. The molecule has 0 bridgehead atoms. The van der Waals surface area contributed by atoms with E-state index < -0.39 is 4.92 Å². The molecule has 7 heteroatoms. The first-order valence-electron chi connectivity index (χ1n) is 9.12. The molecular formula is C20H25N4O3+. The van der Waals surface area contributed by atoms with Gasteiger partial charge in [-0.25, -0.2) is 0 Å². The summed E-state index contributed by atoms with van der Waals surface area (Å²) < 4.78 is 5.52. The van der Waals surface area contributed by atoms with Crippen molar-refractivity contribution in [1.29, 1.82) is 0 Å². The summed E-state index contributed by atoms with van der Waals surface area (Å²) in [5.74, 6) is 0.901. The number of hydrazone groups is 1. The van der Waals surface area contributed by atoms with Crippen LogP contribution in [0.1, 0.15) is 30.9 Å². The summed E-state index contributed by atoms with van der Waals surface area (Å²) in [4.78, 5) is 12.0. The Balaban J connectivity index is 1.77. The number of hydrogen-bond acceptors (Lipinski definition) is 5. The van der Waals surface area contributed by atoms with Crippen LogP contribution in [-0.2, 0) is 6.54 Å². The maximum Gasteiger partial charge on any atom is 0.271 e. The van der Waals surface area contributed by atoms with Gasteiger partial charge in [-0.1, -0.05) is 6.07 Å². The van der Waals surface area contributed by atoms with Gasteiger partial charge in [-0.05, 0) is 36.8 Å². The number of non-ortho nitro benzene ring substituents is 1. The fourth-order valence-electron chi connectivity index (χ4n) is 3.36. The fourth-order valence-corrected chi connectivity index (χ4v) is 3.36. The molecule has 0 radical (unpaired) electrons. The Bertz CT molecular complexity index is 845. The molecular weight excluding hydrogens is 344 g/mol. The molecule has 1 aliphatic heterocycles. The molecule has 7 nitrogen and oxygen atoms in total. The standard InChI is InChI=1S/C20H24N4O3/c1-15(21-22-18-6-5-7-19(13-18)24(25)26)16-8-9-20(27-2)17(12-16)14-23-10-3-4-11-23/h5-9,12-13,22H,3-4,10-11,14H2,1-2H3/p+1/b21-15-. The summed E-state index contributed by atoms with van der Waals surface area (Å²) in [5.41, 5.74) is 6.51. The van der Waals surface area contributed by atoms with Crippen LogP contribution < -0.4 is 15.1 Å². The molecule has 27 heavy (non-hydrogen) atoms. The number of methoxy groups -OCH3 is 1. The van der Waals surface area contributed by atoms with Crippen molar-refractivity contribution < 1.29 is 14.6 Å². The Kier molecular flexibility index (Phi) is 6.03. The zero-order valence-electron chi connectivity index (χ0n) is 15.7. The van der Waals surface area contributed by atoms with E-state index in [1.54, 1.807) is 24.1 Å². The first-order chi connectivity index (χ1) is 13.1. The van der Waals surface area contributed by atoms with Crippen LogP contribution in [0.5, 0.6) is 5.75 Å². The number of ether oxygens (including phenoxy) is 1. The molecule has 0 spiro atoms. The van der Waals surface area contributed by atoms with Gasteiger partial charge in [0, 0.05) is 30.5 Å². The molecule has 142 valence electrons. The van der Waals surface area contributed by atoms with Crippen LogP contribution in [-0.4, -0.2) is 30.8 Å². The van der Waals surface area contributed by atoms with Gasteiger partial charge in [-0.15, -0.1) is 0 Å². The van der Waals surface area contributed by atoms with Crippen molar-refractivity contribution in [3.05, 3.63) is 63.7 Å². The Morgan fingerprint density at radius 1 is 1.26 bits per heavy atom. The van der Waals surface area contributed by atoms with E-state index in [1.165, 1.54) is 43.6 Å². The number of nitrogens with zero attached hydrogens (tertiary/aromatic N) is 2. The quantitative estimate of drug-likeness (QED) is 0.447. The summed E-state index contributed by atoms with van der Waals surface area (Å²) in [6.07, 6.45) is 2.57. The molecule has 0 saturated carbocycles. The van der Waals surface area contributed by atoms with Crippen LogP contribution in [0.15, 0.2) is 47.6 Å². The minimum absolute atomic E-state index is 0.0353. The van der Waals surface area contributed by atoms with Crippen molar-refractivity contribution >= 4 is 17.1 Å². The Morgan fingerprint density at radius 2 is 2.04 bits per heavy atom. The van der Waals surface area contributed by atoms with Gasteiger partial charge in [0.1, 0.15) is 12.3 Å². The van der Waals surface area contributed by atoms with E-state index in [1.807, 2.05) is 19.1 Å². The second-order valence-corrected chi connectivity index (χ2v) is 6.78. The minimum atomic E-state index is -0.418. The highest BCUT2D eigenvalue weighted by molar-refractivity contribution is 5.99. The number of nitro benzene ring substituents is 1. The van der Waals surface area contributed by atoms with E-state index in [2.05, 4.69) is 16.6 Å².